The van der Waals surface area contributed by atoms with Gasteiger partial charge in [-0.2, -0.15) is 0 Å². The molecule has 0 fully saturated rings. The summed E-state index contributed by atoms with van der Waals surface area (Å²) in [7, 11) is 0. The normalized spacial score (nSPS) is 14.6. The molecule has 0 heterocycles. The van der Waals surface area contributed by atoms with Crippen LogP contribution >= 0.6 is 0 Å². The van der Waals surface area contributed by atoms with Gasteiger partial charge < -0.3 is 5.11 Å². The molecule has 1 aromatic carbocycles. The smallest absolute Gasteiger partial charge is 0.332 e. The quantitative estimate of drug-likeness (QED) is 0.800. The van der Waals surface area contributed by atoms with Gasteiger partial charge in [0.1, 0.15) is 0 Å². The summed E-state index contributed by atoms with van der Waals surface area (Å²) in [6.45, 7) is 4.08. The van der Waals surface area contributed by atoms with E-state index in [1.165, 1.54) is 0 Å². The van der Waals surface area contributed by atoms with Crippen LogP contribution in [0, 0.1) is 5.92 Å². The number of benzene rings is 1. The fraction of sp³-hybridized carbons (Fsp3) is 0.308. The van der Waals surface area contributed by atoms with E-state index in [9.17, 15) is 4.79 Å². The van der Waals surface area contributed by atoms with Crippen LogP contribution in [0.3, 0.4) is 0 Å². The van der Waals surface area contributed by atoms with Gasteiger partial charge in [0.25, 0.3) is 0 Å². The molecule has 1 aliphatic carbocycles. The van der Waals surface area contributed by atoms with E-state index in [1.807, 2.05) is 38.1 Å². The highest BCUT2D eigenvalue weighted by molar-refractivity contribution is 6.00. The Morgan fingerprint density at radius 1 is 1.33 bits per heavy atom. The molecule has 0 aromatic heterocycles. The van der Waals surface area contributed by atoms with Gasteiger partial charge in [-0.15, -0.1) is 0 Å². The molecular weight excluding hydrogens is 188 g/mol. The van der Waals surface area contributed by atoms with E-state index in [0.29, 0.717) is 12.0 Å². The highest BCUT2D eigenvalue weighted by Crippen LogP contribution is 2.37. The first-order valence-electron chi connectivity index (χ1n) is 5.16. The molecule has 15 heavy (non-hydrogen) atoms. The molecule has 0 unspecified atom stereocenters. The van der Waals surface area contributed by atoms with Gasteiger partial charge in [0, 0.05) is 12.0 Å². The second kappa shape index (κ2) is 3.54. The van der Waals surface area contributed by atoms with E-state index in [1.54, 1.807) is 0 Å². The van der Waals surface area contributed by atoms with Crippen LogP contribution in [-0.2, 0) is 11.2 Å². The lowest BCUT2D eigenvalue weighted by molar-refractivity contribution is -0.132. The largest absolute Gasteiger partial charge is 0.478 e. The number of carbonyl (C=O) groups is 1. The summed E-state index contributed by atoms with van der Waals surface area (Å²) in [5.74, 6) is -0.519. The van der Waals surface area contributed by atoms with Crippen molar-refractivity contribution < 1.29 is 9.90 Å². The van der Waals surface area contributed by atoms with E-state index in [2.05, 4.69) is 0 Å². The summed E-state index contributed by atoms with van der Waals surface area (Å²) in [5, 5.41) is 9.15. The lowest BCUT2D eigenvalue weighted by Crippen LogP contribution is -2.04. The van der Waals surface area contributed by atoms with E-state index in [4.69, 9.17) is 5.11 Å². The number of carboxylic acid groups (broad SMARTS) is 1. The van der Waals surface area contributed by atoms with Gasteiger partial charge in [-0.1, -0.05) is 38.1 Å². The number of hydrogen-bond donors (Lipinski definition) is 1. The average Bonchev–Trinajstić information content (AvgIpc) is 2.56. The Morgan fingerprint density at radius 2 is 2.00 bits per heavy atom. The van der Waals surface area contributed by atoms with Crippen molar-refractivity contribution in [3.05, 3.63) is 41.0 Å². The minimum absolute atomic E-state index is 0.264. The molecule has 1 N–H and O–H groups in total. The maximum absolute atomic E-state index is 11.1. The number of rotatable bonds is 2. The molecule has 2 rings (SSSR count). The molecule has 0 amide bonds. The van der Waals surface area contributed by atoms with Gasteiger partial charge in [0.15, 0.2) is 0 Å². The lowest BCUT2D eigenvalue weighted by atomic mass is 9.95. The molecule has 78 valence electrons. The van der Waals surface area contributed by atoms with Crippen LogP contribution in [0.5, 0.6) is 0 Å². The number of fused-ring (bicyclic) bond motifs is 1. The van der Waals surface area contributed by atoms with Crippen molar-refractivity contribution in [3.8, 4) is 0 Å². The molecule has 0 atom stereocenters. The summed E-state index contributed by atoms with van der Waals surface area (Å²) in [4.78, 5) is 11.1. The third-order valence-electron chi connectivity index (χ3n) is 2.84. The fourth-order valence-corrected chi connectivity index (χ4v) is 2.24. The number of allylic oxidation sites excluding steroid dienone is 1. The zero-order valence-corrected chi connectivity index (χ0v) is 8.95. The zero-order chi connectivity index (χ0) is 11.0. The van der Waals surface area contributed by atoms with Crippen LogP contribution in [-0.4, -0.2) is 11.1 Å². The SMILES string of the molecule is CC(C)C1=C(C(=O)O)Cc2ccccc21. The zero-order valence-electron chi connectivity index (χ0n) is 8.95. The van der Waals surface area contributed by atoms with E-state index in [0.717, 1.165) is 16.7 Å². The Kier molecular flexibility index (Phi) is 2.35. The molecule has 2 heteroatoms. The maximum atomic E-state index is 11.1. The number of aliphatic carboxylic acids is 1. The predicted octanol–water partition coefficient (Wildman–Crippen LogP) is 2.74. The molecule has 0 saturated heterocycles. The van der Waals surface area contributed by atoms with Gasteiger partial charge in [-0.3, -0.25) is 0 Å². The third kappa shape index (κ3) is 1.56. The van der Waals surface area contributed by atoms with E-state index >= 15 is 0 Å². The number of carboxylic acids is 1. The highest BCUT2D eigenvalue weighted by Gasteiger charge is 2.26. The molecule has 2 nitrogen and oxygen atoms in total. The molecule has 0 aliphatic heterocycles. The Bertz CT molecular complexity index is 442. The summed E-state index contributed by atoms with van der Waals surface area (Å²) >= 11 is 0. The Hall–Kier alpha value is -1.57. The van der Waals surface area contributed by atoms with Crippen molar-refractivity contribution in [2.75, 3.05) is 0 Å². The van der Waals surface area contributed by atoms with Crippen LogP contribution in [0.25, 0.3) is 5.57 Å². The van der Waals surface area contributed by atoms with Crippen molar-refractivity contribution in [3.63, 3.8) is 0 Å². The first-order chi connectivity index (χ1) is 7.11. The van der Waals surface area contributed by atoms with Gasteiger partial charge in [0.05, 0.1) is 0 Å². The van der Waals surface area contributed by atoms with Gasteiger partial charge in [0.2, 0.25) is 0 Å². The molecule has 0 saturated carbocycles. The lowest BCUT2D eigenvalue weighted by Gasteiger charge is -2.09. The van der Waals surface area contributed by atoms with Crippen LogP contribution in [0.2, 0.25) is 0 Å². The number of hydrogen-bond acceptors (Lipinski definition) is 1. The summed E-state index contributed by atoms with van der Waals surface area (Å²) in [6.07, 6.45) is 0.568. The first kappa shape index (κ1) is 9.97. The second-order valence-corrected chi connectivity index (χ2v) is 4.19. The van der Waals surface area contributed by atoms with E-state index in [-0.39, 0.29) is 5.92 Å². The molecule has 1 aromatic rings. The second-order valence-electron chi connectivity index (χ2n) is 4.19. The van der Waals surface area contributed by atoms with Crippen molar-refractivity contribution in [1.82, 2.24) is 0 Å². The summed E-state index contributed by atoms with van der Waals surface area (Å²) in [5.41, 5.74) is 3.81. The summed E-state index contributed by atoms with van der Waals surface area (Å²) < 4.78 is 0. The predicted molar refractivity (Wildman–Crippen MR) is 59.5 cm³/mol. The maximum Gasteiger partial charge on any atom is 0.332 e. The van der Waals surface area contributed by atoms with Gasteiger partial charge >= 0.3 is 5.97 Å². The van der Waals surface area contributed by atoms with Crippen LogP contribution in [0.1, 0.15) is 25.0 Å². The van der Waals surface area contributed by atoms with Crippen molar-refractivity contribution in [2.45, 2.75) is 20.3 Å². The molecular formula is C13H14O2. The molecule has 0 bridgehead atoms. The van der Waals surface area contributed by atoms with Crippen molar-refractivity contribution >= 4 is 11.5 Å². The first-order valence-corrected chi connectivity index (χ1v) is 5.16. The van der Waals surface area contributed by atoms with E-state index < -0.39 is 5.97 Å². The van der Waals surface area contributed by atoms with Crippen LogP contribution < -0.4 is 0 Å². The van der Waals surface area contributed by atoms with Crippen molar-refractivity contribution in [1.29, 1.82) is 0 Å². The minimum Gasteiger partial charge on any atom is -0.478 e. The standard InChI is InChI=1S/C13H14O2/c1-8(2)12-10-6-4-3-5-9(10)7-11(12)13(14)15/h3-6,8H,7H2,1-2H3,(H,14,15). The Morgan fingerprint density at radius 3 is 2.60 bits per heavy atom. The van der Waals surface area contributed by atoms with Crippen molar-refractivity contribution in [2.24, 2.45) is 5.92 Å². The minimum atomic E-state index is -0.782. The fourth-order valence-electron chi connectivity index (χ4n) is 2.24. The van der Waals surface area contributed by atoms with Gasteiger partial charge in [-0.25, -0.2) is 4.79 Å². The molecule has 0 spiro atoms. The highest BCUT2D eigenvalue weighted by atomic mass is 16.4. The van der Waals surface area contributed by atoms with Crippen LogP contribution in [0.4, 0.5) is 0 Å². The van der Waals surface area contributed by atoms with Gasteiger partial charge in [-0.05, 0) is 22.6 Å². The topological polar surface area (TPSA) is 37.3 Å². The molecule has 0 radical (unpaired) electrons. The average molecular weight is 202 g/mol. The Labute approximate surface area is 89.2 Å². The Balaban J connectivity index is 2.58. The monoisotopic (exact) mass is 202 g/mol. The van der Waals surface area contributed by atoms with Crippen LogP contribution in [0.15, 0.2) is 29.8 Å². The summed E-state index contributed by atoms with van der Waals surface area (Å²) in [6, 6.07) is 7.95. The third-order valence-corrected chi connectivity index (χ3v) is 2.84. The molecule has 1 aliphatic rings.